The minimum absolute atomic E-state index is 0.0345. The molecule has 4 rings (SSSR count). The fraction of sp³-hybridized carbons (Fsp3) is 0.318. The third kappa shape index (κ3) is 4.46. The van der Waals surface area contributed by atoms with Gasteiger partial charge in [-0.05, 0) is 37.5 Å². The zero-order valence-electron chi connectivity index (χ0n) is 17.0. The van der Waals surface area contributed by atoms with Crippen molar-refractivity contribution in [2.24, 2.45) is 4.99 Å². The van der Waals surface area contributed by atoms with Crippen LogP contribution in [0.25, 0.3) is 0 Å². The molecule has 0 spiro atoms. The highest BCUT2D eigenvalue weighted by atomic mass is 32.2. The van der Waals surface area contributed by atoms with Crippen LogP contribution >= 0.6 is 0 Å². The molecule has 162 valence electrons. The lowest BCUT2D eigenvalue weighted by atomic mass is 9.96. The second kappa shape index (κ2) is 8.14. The lowest BCUT2D eigenvalue weighted by Gasteiger charge is -2.16. The first-order valence-corrected chi connectivity index (χ1v) is 11.5. The Labute approximate surface area is 180 Å². The predicted octanol–water partition coefficient (Wildman–Crippen LogP) is 1.50. The number of sulfonamides is 1. The predicted molar refractivity (Wildman–Crippen MR) is 114 cm³/mol. The third-order valence-electron chi connectivity index (χ3n) is 5.54. The molecule has 8 nitrogen and oxygen atoms in total. The molecule has 0 radical (unpaired) electrons. The molecule has 1 heterocycles. The number of benzene rings is 2. The Morgan fingerprint density at radius 1 is 1.13 bits per heavy atom. The van der Waals surface area contributed by atoms with Crippen molar-refractivity contribution in [3.05, 3.63) is 65.7 Å². The van der Waals surface area contributed by atoms with Crippen molar-refractivity contribution in [3.63, 3.8) is 0 Å². The number of esters is 1. The van der Waals surface area contributed by atoms with E-state index in [1.165, 1.54) is 18.6 Å². The van der Waals surface area contributed by atoms with Crippen molar-refractivity contribution in [1.82, 2.24) is 10.0 Å². The largest absolute Gasteiger partial charge is 0.454 e. The van der Waals surface area contributed by atoms with Gasteiger partial charge in [-0.15, -0.1) is 0 Å². The molecule has 1 fully saturated rings. The normalized spacial score (nSPS) is 19.7. The summed E-state index contributed by atoms with van der Waals surface area (Å²) in [5, 5.41) is 2.83. The number of nitrogens with one attached hydrogen (secondary N) is 2. The van der Waals surface area contributed by atoms with E-state index in [0.29, 0.717) is 12.1 Å². The van der Waals surface area contributed by atoms with E-state index in [1.807, 2.05) is 18.2 Å². The van der Waals surface area contributed by atoms with Crippen LogP contribution in [0.3, 0.4) is 0 Å². The Kier molecular flexibility index (Phi) is 5.53. The van der Waals surface area contributed by atoms with Gasteiger partial charge in [0, 0.05) is 17.5 Å². The highest BCUT2D eigenvalue weighted by Crippen LogP contribution is 2.47. The first-order chi connectivity index (χ1) is 14.8. The number of ether oxygens (including phenoxy) is 1. The zero-order chi connectivity index (χ0) is 22.1. The maximum Gasteiger partial charge on any atom is 0.331 e. The number of carbonyl (C=O) groups excluding carboxylic acids is 2. The number of carbonyl (C=O) groups is 2. The van der Waals surface area contributed by atoms with Crippen molar-refractivity contribution in [2.45, 2.75) is 36.1 Å². The molecular formula is C22H23N3O5S. The Bertz CT molecular complexity index is 1140. The van der Waals surface area contributed by atoms with Gasteiger partial charge in [0.15, 0.2) is 6.61 Å². The molecular weight excluding hydrogens is 418 g/mol. The highest BCUT2D eigenvalue weighted by molar-refractivity contribution is 7.90. The number of amides is 1. The number of fused-ring (bicyclic) bond motifs is 1. The minimum Gasteiger partial charge on any atom is -0.454 e. The third-order valence-corrected chi connectivity index (χ3v) is 6.93. The van der Waals surface area contributed by atoms with E-state index in [9.17, 15) is 18.0 Å². The van der Waals surface area contributed by atoms with Gasteiger partial charge < -0.3 is 10.1 Å². The average molecular weight is 442 g/mol. The number of hydrogen-bond donors (Lipinski definition) is 2. The van der Waals surface area contributed by atoms with Gasteiger partial charge in [-0.2, -0.15) is 0 Å². The molecule has 0 aromatic heterocycles. The highest BCUT2D eigenvalue weighted by Gasteiger charge is 2.44. The van der Waals surface area contributed by atoms with Crippen LogP contribution in [0.1, 0.15) is 30.9 Å². The van der Waals surface area contributed by atoms with Crippen LogP contribution in [0.5, 0.6) is 0 Å². The molecule has 31 heavy (non-hydrogen) atoms. The van der Waals surface area contributed by atoms with Gasteiger partial charge in [-0.25, -0.2) is 13.2 Å². The molecule has 2 aromatic rings. The summed E-state index contributed by atoms with van der Waals surface area (Å²) >= 11 is 0. The SMILES string of the molecule is C[C@H](N=C1NS(=O)(=O)c2ccccc21)C(=O)OCC(=O)NCC1(c2ccccc2)CC1. The molecule has 2 aliphatic rings. The molecule has 1 atom stereocenters. The van der Waals surface area contributed by atoms with Crippen molar-refractivity contribution in [3.8, 4) is 0 Å². The van der Waals surface area contributed by atoms with E-state index >= 15 is 0 Å². The molecule has 2 aromatic carbocycles. The number of nitrogens with zero attached hydrogens (tertiary/aromatic N) is 1. The van der Waals surface area contributed by atoms with E-state index in [2.05, 4.69) is 27.2 Å². The molecule has 0 saturated heterocycles. The molecule has 0 unspecified atom stereocenters. The van der Waals surface area contributed by atoms with Gasteiger partial charge in [0.1, 0.15) is 11.9 Å². The first kappa shape index (κ1) is 21.0. The van der Waals surface area contributed by atoms with Crippen LogP contribution < -0.4 is 10.0 Å². The molecule has 1 aliphatic heterocycles. The first-order valence-electron chi connectivity index (χ1n) is 10.00. The summed E-state index contributed by atoms with van der Waals surface area (Å²) in [7, 11) is -3.69. The minimum atomic E-state index is -3.69. The fourth-order valence-corrected chi connectivity index (χ4v) is 4.80. The summed E-state index contributed by atoms with van der Waals surface area (Å²) in [5.41, 5.74) is 1.55. The second-order valence-electron chi connectivity index (χ2n) is 7.79. The van der Waals surface area contributed by atoms with Crippen molar-refractivity contribution in [2.75, 3.05) is 13.2 Å². The number of rotatable bonds is 7. The standard InChI is InChI=1S/C22H23N3O5S/c1-15(24-20-17-9-5-6-10-18(17)31(28,29)25-20)21(27)30-13-19(26)23-14-22(11-12-22)16-7-3-2-4-8-16/h2-10,15H,11-14H2,1H3,(H,23,26)(H,24,25)/t15-/m0/s1. The molecule has 2 N–H and O–H groups in total. The maximum absolute atomic E-state index is 12.3. The quantitative estimate of drug-likeness (QED) is 0.632. The maximum atomic E-state index is 12.3. The Morgan fingerprint density at radius 2 is 1.81 bits per heavy atom. The van der Waals surface area contributed by atoms with Crippen LogP contribution in [-0.2, 0) is 29.8 Å². The van der Waals surface area contributed by atoms with Gasteiger partial charge in [0.2, 0.25) is 0 Å². The number of aliphatic imine (C=N–C) groups is 1. The van der Waals surface area contributed by atoms with E-state index in [1.54, 1.807) is 18.2 Å². The molecule has 0 bridgehead atoms. The summed E-state index contributed by atoms with van der Waals surface area (Å²) in [5.74, 6) is -1.01. The van der Waals surface area contributed by atoms with Gasteiger partial charge in [0.05, 0.1) is 4.90 Å². The number of amidine groups is 1. The van der Waals surface area contributed by atoms with E-state index in [0.717, 1.165) is 12.8 Å². The molecule has 1 aliphatic carbocycles. The van der Waals surface area contributed by atoms with Gasteiger partial charge >= 0.3 is 5.97 Å². The lowest BCUT2D eigenvalue weighted by Crippen LogP contribution is -2.36. The lowest BCUT2D eigenvalue weighted by molar-refractivity contribution is -0.149. The Morgan fingerprint density at radius 3 is 2.52 bits per heavy atom. The van der Waals surface area contributed by atoms with E-state index in [-0.39, 0.29) is 22.1 Å². The van der Waals surface area contributed by atoms with Crippen LogP contribution in [0.2, 0.25) is 0 Å². The molecule has 9 heteroatoms. The summed E-state index contributed by atoms with van der Waals surface area (Å²) in [6, 6.07) is 15.4. The Balaban J connectivity index is 1.30. The van der Waals surface area contributed by atoms with Crippen LogP contribution in [0, 0.1) is 0 Å². The average Bonchev–Trinajstić information content (AvgIpc) is 3.52. The molecule has 1 saturated carbocycles. The summed E-state index contributed by atoms with van der Waals surface area (Å²) < 4.78 is 31.7. The molecule has 1 amide bonds. The summed E-state index contributed by atoms with van der Waals surface area (Å²) in [6.07, 6.45) is 2.01. The van der Waals surface area contributed by atoms with E-state index in [4.69, 9.17) is 4.74 Å². The monoisotopic (exact) mass is 441 g/mol. The van der Waals surface area contributed by atoms with Crippen molar-refractivity contribution < 1.29 is 22.7 Å². The van der Waals surface area contributed by atoms with E-state index < -0.39 is 28.6 Å². The van der Waals surface area contributed by atoms with Crippen molar-refractivity contribution in [1.29, 1.82) is 0 Å². The second-order valence-corrected chi connectivity index (χ2v) is 9.44. The fourth-order valence-electron chi connectivity index (χ4n) is 3.56. The topological polar surface area (TPSA) is 114 Å². The summed E-state index contributed by atoms with van der Waals surface area (Å²) in [6.45, 7) is 1.56. The van der Waals surface area contributed by atoms with Gasteiger partial charge in [0.25, 0.3) is 15.9 Å². The van der Waals surface area contributed by atoms with Gasteiger partial charge in [-0.3, -0.25) is 14.5 Å². The summed E-state index contributed by atoms with van der Waals surface area (Å²) in [4.78, 5) is 28.7. The van der Waals surface area contributed by atoms with Gasteiger partial charge in [-0.1, -0.05) is 42.5 Å². The van der Waals surface area contributed by atoms with Crippen LogP contribution in [-0.4, -0.2) is 45.3 Å². The van der Waals surface area contributed by atoms with Crippen LogP contribution in [0.15, 0.2) is 64.5 Å². The zero-order valence-corrected chi connectivity index (χ0v) is 17.8. The smallest absolute Gasteiger partial charge is 0.331 e. The Hall–Kier alpha value is -3.20. The van der Waals surface area contributed by atoms with Crippen molar-refractivity contribution >= 4 is 27.7 Å². The number of hydrogen-bond acceptors (Lipinski definition) is 6. The van der Waals surface area contributed by atoms with Crippen LogP contribution in [0.4, 0.5) is 0 Å².